The van der Waals surface area contributed by atoms with Gasteiger partial charge >= 0.3 is 6.18 Å². The molecular weight excluding hydrogens is 431 g/mol. The number of hydrogen-bond acceptors (Lipinski definition) is 2. The van der Waals surface area contributed by atoms with Gasteiger partial charge < -0.3 is 9.88 Å². The van der Waals surface area contributed by atoms with Crippen LogP contribution in [0.25, 0.3) is 0 Å². The maximum Gasteiger partial charge on any atom is 0.419 e. The van der Waals surface area contributed by atoms with E-state index in [1.165, 1.54) is 12.1 Å². The number of hydrogen-bond donors (Lipinski definition) is 1. The lowest BCUT2D eigenvalue weighted by Crippen LogP contribution is -2.23. The van der Waals surface area contributed by atoms with E-state index in [0.29, 0.717) is 12.1 Å². The van der Waals surface area contributed by atoms with Crippen molar-refractivity contribution < 1.29 is 26.7 Å². The summed E-state index contributed by atoms with van der Waals surface area (Å²) >= 11 is 5.95. The van der Waals surface area contributed by atoms with E-state index in [1.807, 2.05) is 0 Å². The summed E-state index contributed by atoms with van der Waals surface area (Å²) in [4.78, 5) is 24.5. The smallest absolute Gasteiger partial charge is 0.322 e. The number of amides is 1. The molecule has 0 aliphatic rings. The number of carbonyl (C=O) groups is 1. The minimum atomic E-state index is -4.93. The highest BCUT2D eigenvalue weighted by Gasteiger charge is 2.34. The van der Waals surface area contributed by atoms with Crippen molar-refractivity contribution in [2.24, 2.45) is 0 Å². The summed E-state index contributed by atoms with van der Waals surface area (Å²) in [5.41, 5.74) is -2.41. The van der Waals surface area contributed by atoms with Crippen molar-refractivity contribution in [1.82, 2.24) is 4.57 Å². The van der Waals surface area contributed by atoms with Crippen LogP contribution in [0, 0.1) is 11.6 Å². The molecule has 3 rings (SSSR count). The Morgan fingerprint density at radius 1 is 1.03 bits per heavy atom. The third kappa shape index (κ3) is 4.68. The van der Waals surface area contributed by atoms with Gasteiger partial charge in [-0.1, -0.05) is 17.7 Å². The first kappa shape index (κ1) is 21.5. The molecule has 4 nitrogen and oxygen atoms in total. The van der Waals surface area contributed by atoms with Crippen LogP contribution in [0.15, 0.2) is 59.5 Å². The van der Waals surface area contributed by atoms with Crippen LogP contribution in [-0.2, 0) is 12.7 Å². The Labute approximate surface area is 171 Å². The molecule has 1 heterocycles. The van der Waals surface area contributed by atoms with Gasteiger partial charge in [-0.15, -0.1) is 0 Å². The molecule has 0 saturated carbocycles. The summed E-state index contributed by atoms with van der Waals surface area (Å²) in [6.45, 7) is -0.264. The van der Waals surface area contributed by atoms with Crippen molar-refractivity contribution in [1.29, 1.82) is 0 Å². The largest absolute Gasteiger partial charge is 0.419 e. The summed E-state index contributed by atoms with van der Waals surface area (Å²) in [5, 5.41) is 2.30. The molecule has 0 unspecified atom stereocenters. The van der Waals surface area contributed by atoms with E-state index < -0.39 is 34.8 Å². The topological polar surface area (TPSA) is 51.1 Å². The van der Waals surface area contributed by atoms with Gasteiger partial charge in [-0.3, -0.25) is 9.59 Å². The second kappa shape index (κ2) is 8.27. The number of alkyl halides is 3. The predicted molar refractivity (Wildman–Crippen MR) is 101 cm³/mol. The van der Waals surface area contributed by atoms with E-state index >= 15 is 0 Å². The highest BCUT2D eigenvalue weighted by atomic mass is 35.5. The fraction of sp³-hybridized carbons (Fsp3) is 0.100. The molecule has 0 atom stereocenters. The SMILES string of the molecule is O=C(Nc1ccc(F)c(C(F)(F)F)c1)c1ccc(=O)n(Cc2c(F)cccc2Cl)c1. The molecule has 0 saturated heterocycles. The number of anilines is 1. The molecule has 0 fully saturated rings. The Morgan fingerprint density at radius 2 is 1.77 bits per heavy atom. The monoisotopic (exact) mass is 442 g/mol. The van der Waals surface area contributed by atoms with Gasteiger partial charge in [0.25, 0.3) is 11.5 Å². The van der Waals surface area contributed by atoms with E-state index in [0.717, 1.165) is 35.0 Å². The van der Waals surface area contributed by atoms with Gasteiger partial charge in [-0.05, 0) is 36.4 Å². The number of nitrogens with zero attached hydrogens (tertiary/aromatic N) is 1. The molecule has 0 aliphatic heterocycles. The molecule has 2 aromatic carbocycles. The average Bonchev–Trinajstić information content (AvgIpc) is 2.66. The predicted octanol–water partition coefficient (Wildman–Crippen LogP) is 5.10. The molecule has 1 N–H and O–H groups in total. The van der Waals surface area contributed by atoms with Crippen LogP contribution in [0.2, 0.25) is 5.02 Å². The number of nitrogens with one attached hydrogen (secondary N) is 1. The summed E-state index contributed by atoms with van der Waals surface area (Å²) in [5.74, 6) is -2.96. The fourth-order valence-electron chi connectivity index (χ4n) is 2.67. The lowest BCUT2D eigenvalue weighted by molar-refractivity contribution is -0.139. The van der Waals surface area contributed by atoms with Crippen molar-refractivity contribution in [3.05, 3.63) is 98.4 Å². The van der Waals surface area contributed by atoms with Gasteiger partial charge in [0.15, 0.2) is 0 Å². The number of pyridine rings is 1. The van der Waals surface area contributed by atoms with Gasteiger partial charge in [-0.25, -0.2) is 8.78 Å². The summed E-state index contributed by atoms with van der Waals surface area (Å²) < 4.78 is 66.9. The molecule has 3 aromatic rings. The standard InChI is InChI=1S/C20H12ClF5N2O2/c21-15-2-1-3-16(22)13(15)10-28-9-11(4-7-18(28)29)19(30)27-12-5-6-17(23)14(8-12)20(24,25)26/h1-9H,10H2,(H,27,30). The Balaban J connectivity index is 1.88. The molecule has 0 aliphatic carbocycles. The van der Waals surface area contributed by atoms with Crippen molar-refractivity contribution in [3.63, 3.8) is 0 Å². The van der Waals surface area contributed by atoms with Gasteiger partial charge in [0, 0.05) is 28.5 Å². The van der Waals surface area contributed by atoms with Crippen LogP contribution >= 0.6 is 11.6 Å². The number of rotatable bonds is 4. The van der Waals surface area contributed by atoms with E-state index in [2.05, 4.69) is 5.32 Å². The van der Waals surface area contributed by atoms with Crippen molar-refractivity contribution in [2.75, 3.05) is 5.32 Å². The molecule has 10 heteroatoms. The van der Waals surface area contributed by atoms with Crippen LogP contribution in [0.4, 0.5) is 27.6 Å². The quantitative estimate of drug-likeness (QED) is 0.572. The highest BCUT2D eigenvalue weighted by Crippen LogP contribution is 2.33. The van der Waals surface area contributed by atoms with Crippen LogP contribution in [0.3, 0.4) is 0 Å². The van der Waals surface area contributed by atoms with Crippen LogP contribution in [0.1, 0.15) is 21.5 Å². The maximum absolute atomic E-state index is 14.0. The summed E-state index contributed by atoms with van der Waals surface area (Å²) in [6, 6.07) is 8.22. The first-order valence-corrected chi connectivity index (χ1v) is 8.75. The minimum Gasteiger partial charge on any atom is -0.322 e. The lowest BCUT2D eigenvalue weighted by Gasteiger charge is -2.12. The van der Waals surface area contributed by atoms with Gasteiger partial charge in [0.1, 0.15) is 11.6 Å². The molecular formula is C20H12ClF5N2O2. The van der Waals surface area contributed by atoms with Crippen molar-refractivity contribution >= 4 is 23.2 Å². The van der Waals surface area contributed by atoms with E-state index in [-0.39, 0.29) is 28.4 Å². The zero-order valence-corrected chi connectivity index (χ0v) is 15.7. The Hall–Kier alpha value is -3.20. The average molecular weight is 443 g/mol. The zero-order valence-electron chi connectivity index (χ0n) is 14.9. The minimum absolute atomic E-state index is 0.0344. The first-order chi connectivity index (χ1) is 14.1. The second-order valence-electron chi connectivity index (χ2n) is 6.23. The summed E-state index contributed by atoms with van der Waals surface area (Å²) in [6.07, 6.45) is -3.81. The first-order valence-electron chi connectivity index (χ1n) is 8.38. The Morgan fingerprint density at radius 3 is 2.43 bits per heavy atom. The van der Waals surface area contributed by atoms with Crippen molar-refractivity contribution in [3.8, 4) is 0 Å². The normalized spacial score (nSPS) is 11.4. The van der Waals surface area contributed by atoms with Gasteiger partial charge in [-0.2, -0.15) is 13.2 Å². The number of halogens is 6. The van der Waals surface area contributed by atoms with E-state index in [1.54, 1.807) is 0 Å². The zero-order chi connectivity index (χ0) is 22.1. The molecule has 1 amide bonds. The molecule has 156 valence electrons. The third-order valence-corrected chi connectivity index (χ3v) is 4.52. The van der Waals surface area contributed by atoms with Crippen LogP contribution in [0.5, 0.6) is 0 Å². The molecule has 0 bridgehead atoms. The number of aromatic nitrogens is 1. The lowest BCUT2D eigenvalue weighted by atomic mass is 10.1. The highest BCUT2D eigenvalue weighted by molar-refractivity contribution is 6.31. The Bertz CT molecular complexity index is 1150. The molecule has 1 aromatic heterocycles. The van der Waals surface area contributed by atoms with Gasteiger partial charge in [0.2, 0.25) is 0 Å². The molecule has 30 heavy (non-hydrogen) atoms. The Kier molecular flexibility index (Phi) is 5.93. The third-order valence-electron chi connectivity index (χ3n) is 4.17. The number of benzene rings is 2. The van der Waals surface area contributed by atoms with Gasteiger partial charge in [0.05, 0.1) is 17.7 Å². The second-order valence-corrected chi connectivity index (χ2v) is 6.64. The van der Waals surface area contributed by atoms with Crippen LogP contribution < -0.4 is 10.9 Å². The van der Waals surface area contributed by atoms with Crippen LogP contribution in [-0.4, -0.2) is 10.5 Å². The van der Waals surface area contributed by atoms with E-state index in [4.69, 9.17) is 11.6 Å². The number of carbonyl (C=O) groups excluding carboxylic acids is 1. The molecule has 0 radical (unpaired) electrons. The molecule has 0 spiro atoms. The maximum atomic E-state index is 14.0. The van der Waals surface area contributed by atoms with Crippen molar-refractivity contribution in [2.45, 2.75) is 12.7 Å². The fourth-order valence-corrected chi connectivity index (χ4v) is 2.89. The summed E-state index contributed by atoms with van der Waals surface area (Å²) in [7, 11) is 0. The van der Waals surface area contributed by atoms with E-state index in [9.17, 15) is 31.5 Å².